The summed E-state index contributed by atoms with van der Waals surface area (Å²) in [7, 11) is 2.44. The lowest BCUT2D eigenvalue weighted by Crippen LogP contribution is -2.02. The predicted octanol–water partition coefficient (Wildman–Crippen LogP) is 1.80. The number of carbonyl (C=O) groups is 2. The van der Waals surface area contributed by atoms with Crippen molar-refractivity contribution >= 4 is 18.0 Å². The molecular formula is C12H11FO4. The number of hydrogen-bond donors (Lipinski definition) is 0. The first-order valence-electron chi connectivity index (χ1n) is 4.72. The summed E-state index contributed by atoms with van der Waals surface area (Å²) in [5.41, 5.74) is 0.295. The quantitative estimate of drug-likeness (QED) is 0.595. The Bertz CT molecular complexity index is 466. The SMILES string of the molecule is COC(=O)C=Cc1ccc(C(=O)OC)cc1F. The van der Waals surface area contributed by atoms with Gasteiger partial charge in [-0.2, -0.15) is 0 Å². The van der Waals surface area contributed by atoms with Crippen molar-refractivity contribution in [2.45, 2.75) is 0 Å². The molecule has 0 fully saturated rings. The molecule has 1 rings (SSSR count). The van der Waals surface area contributed by atoms with Crippen molar-refractivity contribution in [2.75, 3.05) is 14.2 Å². The number of esters is 2. The molecule has 1 aromatic rings. The van der Waals surface area contributed by atoms with Gasteiger partial charge in [0.1, 0.15) is 5.82 Å². The minimum absolute atomic E-state index is 0.111. The van der Waals surface area contributed by atoms with Crippen LogP contribution >= 0.6 is 0 Å². The van der Waals surface area contributed by atoms with E-state index in [2.05, 4.69) is 9.47 Å². The van der Waals surface area contributed by atoms with Crippen LogP contribution in [0.15, 0.2) is 24.3 Å². The molecule has 0 heterocycles. The van der Waals surface area contributed by atoms with Crippen LogP contribution in [0, 0.1) is 5.82 Å². The molecule has 0 spiro atoms. The molecule has 0 amide bonds. The van der Waals surface area contributed by atoms with Gasteiger partial charge in [0.05, 0.1) is 19.8 Å². The molecule has 4 nitrogen and oxygen atoms in total. The van der Waals surface area contributed by atoms with Gasteiger partial charge in [-0.05, 0) is 18.2 Å². The maximum atomic E-state index is 13.5. The zero-order valence-electron chi connectivity index (χ0n) is 9.40. The normalized spacial score (nSPS) is 10.3. The highest BCUT2D eigenvalue weighted by Gasteiger charge is 2.08. The van der Waals surface area contributed by atoms with Crippen LogP contribution in [0.4, 0.5) is 4.39 Å². The van der Waals surface area contributed by atoms with E-state index in [1.165, 1.54) is 32.4 Å². The lowest BCUT2D eigenvalue weighted by molar-refractivity contribution is -0.134. The van der Waals surface area contributed by atoms with Gasteiger partial charge in [-0.3, -0.25) is 0 Å². The van der Waals surface area contributed by atoms with Crippen molar-refractivity contribution in [3.63, 3.8) is 0 Å². The number of carbonyl (C=O) groups excluding carboxylic acids is 2. The predicted molar refractivity (Wildman–Crippen MR) is 58.8 cm³/mol. The zero-order valence-corrected chi connectivity index (χ0v) is 9.40. The van der Waals surface area contributed by atoms with Crippen molar-refractivity contribution in [1.29, 1.82) is 0 Å². The van der Waals surface area contributed by atoms with E-state index in [1.54, 1.807) is 0 Å². The van der Waals surface area contributed by atoms with Crippen molar-refractivity contribution < 1.29 is 23.5 Å². The summed E-state index contributed by atoms with van der Waals surface area (Å²) in [4.78, 5) is 21.9. The maximum Gasteiger partial charge on any atom is 0.337 e. The van der Waals surface area contributed by atoms with E-state index in [4.69, 9.17) is 0 Å². The molecule has 0 aliphatic rings. The molecule has 0 N–H and O–H groups in total. The topological polar surface area (TPSA) is 52.6 Å². The van der Waals surface area contributed by atoms with Crippen molar-refractivity contribution in [3.8, 4) is 0 Å². The summed E-state index contributed by atoms with van der Waals surface area (Å²) < 4.78 is 22.3. The van der Waals surface area contributed by atoms with E-state index in [1.807, 2.05) is 0 Å². The number of halogens is 1. The van der Waals surface area contributed by atoms with Crippen LogP contribution in [-0.2, 0) is 14.3 Å². The minimum Gasteiger partial charge on any atom is -0.466 e. The van der Waals surface area contributed by atoms with Crippen LogP contribution in [-0.4, -0.2) is 26.2 Å². The number of rotatable bonds is 3. The third kappa shape index (κ3) is 3.41. The lowest BCUT2D eigenvalue weighted by atomic mass is 10.1. The van der Waals surface area contributed by atoms with Gasteiger partial charge in [-0.25, -0.2) is 14.0 Å². The molecule has 0 saturated heterocycles. The van der Waals surface area contributed by atoms with E-state index in [9.17, 15) is 14.0 Å². The van der Waals surface area contributed by atoms with Gasteiger partial charge in [0, 0.05) is 11.6 Å². The van der Waals surface area contributed by atoms with Gasteiger partial charge in [-0.15, -0.1) is 0 Å². The fourth-order valence-corrected chi connectivity index (χ4v) is 1.13. The molecule has 0 bridgehead atoms. The van der Waals surface area contributed by atoms with Gasteiger partial charge < -0.3 is 9.47 Å². The van der Waals surface area contributed by atoms with E-state index >= 15 is 0 Å². The highest BCUT2D eigenvalue weighted by Crippen LogP contribution is 2.13. The molecular weight excluding hydrogens is 227 g/mol. The molecule has 17 heavy (non-hydrogen) atoms. The standard InChI is InChI=1S/C12H11FO4/c1-16-11(14)6-5-8-3-4-9(7-10(8)13)12(15)17-2/h3-7H,1-2H3. The molecule has 0 aliphatic heterocycles. The Labute approximate surface area is 97.6 Å². The molecule has 90 valence electrons. The highest BCUT2D eigenvalue weighted by molar-refractivity contribution is 5.90. The van der Waals surface area contributed by atoms with Gasteiger partial charge in [-0.1, -0.05) is 6.07 Å². The Balaban J connectivity index is 2.94. The summed E-state index contributed by atoms with van der Waals surface area (Å²) in [5.74, 6) is -1.82. The van der Waals surface area contributed by atoms with E-state index < -0.39 is 17.8 Å². The second-order valence-electron chi connectivity index (χ2n) is 3.08. The largest absolute Gasteiger partial charge is 0.466 e. The third-order valence-corrected chi connectivity index (χ3v) is 2.02. The van der Waals surface area contributed by atoms with Gasteiger partial charge in [0.2, 0.25) is 0 Å². The Morgan fingerprint density at radius 3 is 2.47 bits per heavy atom. The molecule has 0 aromatic heterocycles. The van der Waals surface area contributed by atoms with E-state index in [-0.39, 0.29) is 11.1 Å². The van der Waals surface area contributed by atoms with Gasteiger partial charge in [0.25, 0.3) is 0 Å². The van der Waals surface area contributed by atoms with Gasteiger partial charge >= 0.3 is 11.9 Å². The third-order valence-electron chi connectivity index (χ3n) is 2.02. The zero-order chi connectivity index (χ0) is 12.8. The Morgan fingerprint density at radius 2 is 1.94 bits per heavy atom. The van der Waals surface area contributed by atoms with Crippen LogP contribution in [0.25, 0.3) is 6.08 Å². The average Bonchev–Trinajstić information content (AvgIpc) is 2.35. The fourth-order valence-electron chi connectivity index (χ4n) is 1.13. The van der Waals surface area contributed by atoms with Crippen LogP contribution in [0.5, 0.6) is 0 Å². The average molecular weight is 238 g/mol. The van der Waals surface area contributed by atoms with E-state index in [0.29, 0.717) is 0 Å². The van der Waals surface area contributed by atoms with Crippen LogP contribution in [0.1, 0.15) is 15.9 Å². The number of hydrogen-bond acceptors (Lipinski definition) is 4. The van der Waals surface area contributed by atoms with Crippen molar-refractivity contribution in [3.05, 3.63) is 41.2 Å². The molecule has 0 radical (unpaired) electrons. The number of ether oxygens (including phenoxy) is 2. The summed E-state index contributed by atoms with van der Waals surface area (Å²) in [6, 6.07) is 3.83. The van der Waals surface area contributed by atoms with Crippen LogP contribution in [0.2, 0.25) is 0 Å². The van der Waals surface area contributed by atoms with E-state index in [0.717, 1.165) is 12.1 Å². The Morgan fingerprint density at radius 1 is 1.24 bits per heavy atom. The number of benzene rings is 1. The summed E-state index contributed by atoms with van der Waals surface area (Å²) in [6.45, 7) is 0. The summed E-state index contributed by atoms with van der Waals surface area (Å²) in [6.07, 6.45) is 2.36. The molecule has 0 atom stereocenters. The smallest absolute Gasteiger partial charge is 0.337 e. The maximum absolute atomic E-state index is 13.5. The minimum atomic E-state index is -0.618. The molecule has 0 aliphatic carbocycles. The summed E-state index contributed by atoms with van der Waals surface area (Å²) >= 11 is 0. The second kappa shape index (κ2) is 5.79. The molecule has 1 aromatic carbocycles. The van der Waals surface area contributed by atoms with Crippen LogP contribution < -0.4 is 0 Å². The fraction of sp³-hybridized carbons (Fsp3) is 0.167. The second-order valence-corrected chi connectivity index (χ2v) is 3.08. The molecule has 0 unspecified atom stereocenters. The molecule has 5 heteroatoms. The molecule has 0 saturated carbocycles. The van der Waals surface area contributed by atoms with Crippen molar-refractivity contribution in [2.24, 2.45) is 0 Å². The van der Waals surface area contributed by atoms with Crippen LogP contribution in [0.3, 0.4) is 0 Å². The Hall–Kier alpha value is -2.17. The van der Waals surface area contributed by atoms with Gasteiger partial charge in [0.15, 0.2) is 0 Å². The first-order chi connectivity index (χ1) is 8.08. The first kappa shape index (κ1) is 12.9. The Kier molecular flexibility index (Phi) is 4.39. The lowest BCUT2D eigenvalue weighted by Gasteiger charge is -2.01. The summed E-state index contributed by atoms with van der Waals surface area (Å²) in [5, 5.41) is 0. The number of methoxy groups -OCH3 is 2. The van der Waals surface area contributed by atoms with Crippen molar-refractivity contribution in [1.82, 2.24) is 0 Å². The first-order valence-corrected chi connectivity index (χ1v) is 4.72. The monoisotopic (exact) mass is 238 g/mol. The highest BCUT2D eigenvalue weighted by atomic mass is 19.1.